The third kappa shape index (κ3) is 6.36. The summed E-state index contributed by atoms with van der Waals surface area (Å²) in [6, 6.07) is 4.15. The van der Waals surface area contributed by atoms with Crippen LogP contribution in [0.1, 0.15) is 68.8 Å². The molecule has 0 amide bonds. The lowest BCUT2D eigenvalue weighted by Gasteiger charge is -2.50. The van der Waals surface area contributed by atoms with Crippen LogP contribution in [-0.4, -0.2) is 76.2 Å². The molecule has 0 bridgehead atoms. The fourth-order valence-electron chi connectivity index (χ4n) is 4.64. The van der Waals surface area contributed by atoms with Gasteiger partial charge < -0.3 is 38.8 Å². The minimum Gasteiger partial charge on any atom is -0.648 e. The average Bonchev–Trinajstić information content (AvgIpc) is 3.20. The Labute approximate surface area is 229 Å². The third-order valence-corrected chi connectivity index (χ3v) is 6.80. The summed E-state index contributed by atoms with van der Waals surface area (Å²) in [4.78, 5) is 65.0. The van der Waals surface area contributed by atoms with Crippen molar-refractivity contribution >= 4 is 42.5 Å². The summed E-state index contributed by atoms with van der Waals surface area (Å²) < 4.78 is 26.7. The van der Waals surface area contributed by atoms with Crippen molar-refractivity contribution in [2.24, 2.45) is 10.9 Å². The van der Waals surface area contributed by atoms with Crippen molar-refractivity contribution < 1.29 is 62.7 Å². The predicted octanol–water partition coefficient (Wildman–Crippen LogP) is 1.98. The molecule has 40 heavy (non-hydrogen) atoms. The minimum absolute atomic E-state index is 0.0589. The number of benzene rings is 1. The number of aromatic hydroxyl groups is 1. The molecule has 15 heteroatoms. The first-order chi connectivity index (χ1) is 18.9. The van der Waals surface area contributed by atoms with Crippen LogP contribution in [0, 0.1) is 5.92 Å². The first-order valence-corrected chi connectivity index (χ1v) is 12.8. The van der Waals surface area contributed by atoms with Crippen LogP contribution in [-0.2, 0) is 49.0 Å². The number of carbonyl (C=O) groups is 5. The molecule has 0 aromatic heterocycles. The Hall–Kier alpha value is -4.14. The lowest BCUT2D eigenvalue weighted by atomic mass is 9.64. The van der Waals surface area contributed by atoms with E-state index < -0.39 is 73.5 Å². The second-order valence-corrected chi connectivity index (χ2v) is 9.46. The van der Waals surface area contributed by atoms with Gasteiger partial charge >= 0.3 is 30.6 Å². The van der Waals surface area contributed by atoms with Crippen LogP contribution in [0.5, 0.6) is 5.75 Å². The Kier molecular flexibility index (Phi) is 9.40. The number of carboxylic acid groups (broad SMARTS) is 2. The van der Waals surface area contributed by atoms with Gasteiger partial charge in [-0.25, -0.2) is 9.59 Å². The standard InChI is InChI=1S/C25H31BNO13/c1-4-14(5-2)22(32)36-13-37-23(33)16-9-7-8-15(21(16)31)10-17-26(38-18(6-3)27-17)39-20(30)12-25(40-26,24(34)35)11-19(28)29/h7-9,14,17,31H,4-6,10-13H2,1-3H3,(H,28,29)(H,34,35)/q-1. The number of phenolic OH excluding ortho intramolecular Hbond substituents is 1. The lowest BCUT2D eigenvalue weighted by molar-refractivity contribution is -0.180. The van der Waals surface area contributed by atoms with Crippen LogP contribution in [0.4, 0.5) is 0 Å². The largest absolute Gasteiger partial charge is 0.648 e. The van der Waals surface area contributed by atoms with E-state index >= 15 is 0 Å². The molecule has 2 aliphatic rings. The Balaban J connectivity index is 1.84. The Morgan fingerprint density at radius 2 is 1.82 bits per heavy atom. The molecular formula is C25H31BNO13-. The summed E-state index contributed by atoms with van der Waals surface area (Å²) in [6.45, 7) is 1.37. The van der Waals surface area contributed by atoms with Crippen LogP contribution in [0.3, 0.4) is 0 Å². The zero-order chi connectivity index (χ0) is 29.7. The monoisotopic (exact) mass is 564 g/mol. The second-order valence-electron chi connectivity index (χ2n) is 9.46. The maximum atomic E-state index is 12.6. The van der Waals surface area contributed by atoms with Gasteiger partial charge in [-0.3, -0.25) is 19.4 Å². The molecule has 218 valence electrons. The zero-order valence-corrected chi connectivity index (χ0v) is 22.3. The van der Waals surface area contributed by atoms with Gasteiger partial charge in [0.1, 0.15) is 22.8 Å². The van der Waals surface area contributed by atoms with E-state index in [0.29, 0.717) is 12.8 Å². The van der Waals surface area contributed by atoms with Gasteiger partial charge in [-0.15, -0.1) is 0 Å². The molecule has 1 saturated heterocycles. The summed E-state index contributed by atoms with van der Waals surface area (Å²) in [5, 5.41) is 30.0. The van der Waals surface area contributed by atoms with Gasteiger partial charge in [0, 0.05) is 12.4 Å². The van der Waals surface area contributed by atoms with Crippen LogP contribution < -0.4 is 0 Å². The molecule has 2 heterocycles. The number of aliphatic imine (C=N–C) groups is 1. The van der Waals surface area contributed by atoms with Gasteiger partial charge in [-0.05, 0) is 30.9 Å². The van der Waals surface area contributed by atoms with Crippen LogP contribution in [0.15, 0.2) is 23.2 Å². The van der Waals surface area contributed by atoms with Crippen LogP contribution >= 0.6 is 0 Å². The first kappa shape index (κ1) is 30.4. The van der Waals surface area contributed by atoms with Crippen molar-refractivity contribution in [2.75, 3.05) is 6.79 Å². The van der Waals surface area contributed by atoms with Gasteiger partial charge in [0.25, 0.3) is 5.97 Å². The van der Waals surface area contributed by atoms with Crippen molar-refractivity contribution in [2.45, 2.75) is 70.8 Å². The molecule has 1 fully saturated rings. The Morgan fingerprint density at radius 3 is 2.42 bits per heavy atom. The fourth-order valence-corrected chi connectivity index (χ4v) is 4.64. The number of esters is 2. The number of hydrogen-bond donors (Lipinski definition) is 3. The molecule has 1 aromatic rings. The highest BCUT2D eigenvalue weighted by Gasteiger charge is 2.60. The third-order valence-electron chi connectivity index (χ3n) is 6.80. The van der Waals surface area contributed by atoms with E-state index in [2.05, 4.69) is 4.99 Å². The summed E-state index contributed by atoms with van der Waals surface area (Å²) >= 11 is 0. The molecule has 0 saturated carbocycles. The van der Waals surface area contributed by atoms with Gasteiger partial charge in [0.15, 0.2) is 0 Å². The van der Waals surface area contributed by atoms with Crippen molar-refractivity contribution in [1.82, 2.24) is 0 Å². The molecule has 1 spiro atoms. The number of aliphatic carboxylic acids is 2. The number of rotatable bonds is 12. The second kappa shape index (κ2) is 12.4. The van der Waals surface area contributed by atoms with Crippen LogP contribution in [0.25, 0.3) is 0 Å². The quantitative estimate of drug-likeness (QED) is 0.189. The van der Waals surface area contributed by atoms with E-state index in [1.54, 1.807) is 6.92 Å². The number of hydrogen-bond acceptors (Lipinski definition) is 12. The lowest BCUT2D eigenvalue weighted by Crippen LogP contribution is -2.66. The van der Waals surface area contributed by atoms with Crippen molar-refractivity contribution in [1.29, 1.82) is 0 Å². The van der Waals surface area contributed by atoms with Gasteiger partial charge in [0.2, 0.25) is 6.79 Å². The number of ether oxygens (including phenoxy) is 2. The Morgan fingerprint density at radius 1 is 1.12 bits per heavy atom. The van der Waals surface area contributed by atoms with E-state index in [-0.39, 0.29) is 35.8 Å². The number of carboxylic acids is 2. The van der Waals surface area contributed by atoms with E-state index in [4.69, 9.17) is 23.4 Å². The molecular weight excluding hydrogens is 533 g/mol. The van der Waals surface area contributed by atoms with Crippen LogP contribution in [0.2, 0.25) is 0 Å². The smallest absolute Gasteiger partial charge is 0.519 e. The molecule has 1 aromatic carbocycles. The van der Waals surface area contributed by atoms with E-state index in [1.807, 2.05) is 13.8 Å². The molecule has 3 N–H and O–H groups in total. The van der Waals surface area contributed by atoms with Gasteiger partial charge in [-0.1, -0.05) is 32.9 Å². The average molecular weight is 564 g/mol. The maximum absolute atomic E-state index is 12.6. The maximum Gasteiger partial charge on any atom is 0.519 e. The summed E-state index contributed by atoms with van der Waals surface area (Å²) in [5.74, 6) is -7.78. The molecule has 0 aliphatic carbocycles. The van der Waals surface area contributed by atoms with Gasteiger partial charge in [-0.2, -0.15) is 0 Å². The number of carbonyl (C=O) groups excluding carboxylic acids is 3. The normalized spacial score (nSPS) is 23.8. The van der Waals surface area contributed by atoms with Crippen molar-refractivity contribution in [3.63, 3.8) is 0 Å². The molecule has 3 rings (SSSR count). The number of phenols is 1. The van der Waals surface area contributed by atoms with E-state index in [9.17, 15) is 39.3 Å². The summed E-state index contributed by atoms with van der Waals surface area (Å²) in [5.41, 5.74) is -2.62. The Bertz CT molecular complexity index is 1210. The molecule has 3 unspecified atom stereocenters. The highest BCUT2D eigenvalue weighted by Crippen LogP contribution is 2.40. The van der Waals surface area contributed by atoms with Crippen molar-refractivity contribution in [3.8, 4) is 5.75 Å². The van der Waals surface area contributed by atoms with E-state index in [1.165, 1.54) is 18.2 Å². The molecule has 14 nitrogen and oxygen atoms in total. The molecule has 3 atom stereocenters. The zero-order valence-electron chi connectivity index (χ0n) is 22.3. The highest BCUT2D eigenvalue weighted by atomic mass is 16.8. The summed E-state index contributed by atoms with van der Waals surface area (Å²) in [6.07, 6.45) is -0.850. The first-order valence-electron chi connectivity index (χ1n) is 12.8. The SMILES string of the molecule is CCC1=NC(Cc2cccc(C(=O)OCOC(=O)C(CC)CC)c2O)[B-]2(OC(=O)CC(CC(=O)O)(C(=O)O)O2)O1. The molecule has 0 radical (unpaired) electrons. The summed E-state index contributed by atoms with van der Waals surface area (Å²) in [7, 11) is 0. The number of nitrogens with zero attached hydrogens (tertiary/aromatic N) is 1. The fraction of sp³-hybridized carbons (Fsp3) is 0.520. The molecule has 2 aliphatic heterocycles. The number of para-hydroxylation sites is 1. The highest BCUT2D eigenvalue weighted by molar-refractivity contribution is 6.68. The predicted molar refractivity (Wildman–Crippen MR) is 135 cm³/mol. The minimum atomic E-state index is -3.29. The van der Waals surface area contributed by atoms with Crippen molar-refractivity contribution in [3.05, 3.63) is 29.3 Å². The topological polar surface area (TPSA) is 205 Å². The van der Waals surface area contributed by atoms with Gasteiger partial charge in [0.05, 0.1) is 18.8 Å². The van der Waals surface area contributed by atoms with E-state index in [0.717, 1.165) is 0 Å².